The van der Waals surface area contributed by atoms with Crippen LogP contribution in [-0.4, -0.2) is 35.1 Å². The summed E-state index contributed by atoms with van der Waals surface area (Å²) in [7, 11) is 0. The summed E-state index contributed by atoms with van der Waals surface area (Å²) in [6.45, 7) is 2.84. The monoisotopic (exact) mass is 392 g/mol. The number of carboxylic acid groups (broad SMARTS) is 1. The Morgan fingerprint density at radius 1 is 1.07 bits per heavy atom. The minimum Gasteiger partial charge on any atom is -0.478 e. The number of benzene rings is 2. The van der Waals surface area contributed by atoms with Crippen molar-refractivity contribution in [3.63, 3.8) is 0 Å². The highest BCUT2D eigenvalue weighted by Gasteiger charge is 2.30. The van der Waals surface area contributed by atoms with Gasteiger partial charge in [-0.1, -0.05) is 30.3 Å². The molecule has 0 unspecified atom stereocenters. The first-order valence-electron chi connectivity index (χ1n) is 9.25. The normalized spacial score (nSPS) is 16.2. The molecule has 4 nitrogen and oxygen atoms in total. The van der Waals surface area contributed by atoms with Crippen molar-refractivity contribution in [3.8, 4) is 0 Å². The number of piperidine rings is 1. The summed E-state index contributed by atoms with van der Waals surface area (Å²) in [5.74, 6) is -0.937. The van der Waals surface area contributed by atoms with Gasteiger partial charge in [0.25, 0.3) is 0 Å². The average Bonchev–Trinajstić information content (AvgIpc) is 2.67. The number of carbonyl (C=O) groups is 1. The van der Waals surface area contributed by atoms with E-state index in [4.69, 9.17) is 5.11 Å². The van der Waals surface area contributed by atoms with Gasteiger partial charge >= 0.3 is 12.1 Å². The lowest BCUT2D eigenvalue weighted by atomic mass is 10.0. The number of aromatic carboxylic acids is 1. The molecule has 28 heavy (non-hydrogen) atoms. The van der Waals surface area contributed by atoms with Gasteiger partial charge in [0.1, 0.15) is 0 Å². The van der Waals surface area contributed by atoms with E-state index < -0.39 is 17.7 Å². The lowest BCUT2D eigenvalue weighted by molar-refractivity contribution is -0.137. The lowest BCUT2D eigenvalue weighted by Crippen LogP contribution is -2.41. The Bertz CT molecular complexity index is 798. The van der Waals surface area contributed by atoms with Crippen molar-refractivity contribution in [3.05, 3.63) is 70.8 Å². The van der Waals surface area contributed by atoms with Gasteiger partial charge in [-0.2, -0.15) is 13.2 Å². The van der Waals surface area contributed by atoms with E-state index in [1.807, 2.05) is 0 Å². The van der Waals surface area contributed by atoms with Crippen LogP contribution in [0, 0.1) is 0 Å². The maximum Gasteiger partial charge on any atom is 0.416 e. The third kappa shape index (κ3) is 5.56. The molecular formula is C21H23F3N2O2. The molecule has 1 saturated heterocycles. The van der Waals surface area contributed by atoms with Crippen LogP contribution in [0.3, 0.4) is 0 Å². The number of halogens is 3. The van der Waals surface area contributed by atoms with Crippen LogP contribution in [0.4, 0.5) is 13.2 Å². The Morgan fingerprint density at radius 2 is 1.75 bits per heavy atom. The van der Waals surface area contributed by atoms with Crippen LogP contribution in [0.25, 0.3) is 0 Å². The van der Waals surface area contributed by atoms with Gasteiger partial charge in [-0.05, 0) is 55.3 Å². The second kappa shape index (κ2) is 8.75. The first-order chi connectivity index (χ1) is 13.3. The molecule has 150 valence electrons. The molecule has 0 amide bonds. The molecular weight excluding hydrogens is 369 g/mol. The van der Waals surface area contributed by atoms with Gasteiger partial charge < -0.3 is 10.4 Å². The number of hydrogen-bond donors (Lipinski definition) is 2. The molecule has 3 rings (SSSR count). The third-order valence-corrected chi connectivity index (χ3v) is 5.04. The second-order valence-corrected chi connectivity index (χ2v) is 7.13. The molecule has 0 saturated carbocycles. The van der Waals surface area contributed by atoms with E-state index >= 15 is 0 Å². The van der Waals surface area contributed by atoms with Crippen LogP contribution >= 0.6 is 0 Å². The highest BCUT2D eigenvalue weighted by Crippen LogP contribution is 2.30. The Balaban J connectivity index is 1.45. The first-order valence-corrected chi connectivity index (χ1v) is 9.25. The molecule has 1 aliphatic rings. The first kappa shape index (κ1) is 20.4. The molecule has 2 N–H and O–H groups in total. The van der Waals surface area contributed by atoms with E-state index in [0.29, 0.717) is 24.7 Å². The largest absolute Gasteiger partial charge is 0.478 e. The fourth-order valence-corrected chi connectivity index (χ4v) is 3.43. The Labute approximate surface area is 162 Å². The van der Waals surface area contributed by atoms with Gasteiger partial charge in [0.15, 0.2) is 0 Å². The molecule has 0 aromatic heterocycles. The van der Waals surface area contributed by atoms with Crippen LogP contribution in [-0.2, 0) is 19.3 Å². The molecule has 1 fully saturated rings. The van der Waals surface area contributed by atoms with Crippen molar-refractivity contribution in [1.82, 2.24) is 10.2 Å². The molecule has 0 aliphatic carbocycles. The zero-order chi connectivity index (χ0) is 20.1. The predicted molar refractivity (Wildman–Crippen MR) is 100.0 cm³/mol. The van der Waals surface area contributed by atoms with Crippen molar-refractivity contribution in [2.75, 3.05) is 13.1 Å². The zero-order valence-corrected chi connectivity index (χ0v) is 15.4. The second-order valence-electron chi connectivity index (χ2n) is 7.13. The molecule has 2 aromatic rings. The Morgan fingerprint density at radius 3 is 2.36 bits per heavy atom. The quantitative estimate of drug-likeness (QED) is 0.775. The maximum absolute atomic E-state index is 12.8. The number of hydrogen-bond acceptors (Lipinski definition) is 3. The summed E-state index contributed by atoms with van der Waals surface area (Å²) in [4.78, 5) is 13.0. The van der Waals surface area contributed by atoms with Crippen LogP contribution in [0.5, 0.6) is 0 Å². The number of carboxylic acids is 1. The Hall–Kier alpha value is -2.38. The maximum atomic E-state index is 12.8. The lowest BCUT2D eigenvalue weighted by Gasteiger charge is -2.32. The van der Waals surface area contributed by atoms with E-state index in [0.717, 1.165) is 37.6 Å². The molecule has 0 radical (unpaired) electrons. The third-order valence-electron chi connectivity index (χ3n) is 5.04. The predicted octanol–water partition coefficient (Wildman–Crippen LogP) is 4.16. The number of rotatable bonds is 6. The van der Waals surface area contributed by atoms with Gasteiger partial charge in [0.2, 0.25) is 0 Å². The topological polar surface area (TPSA) is 52.6 Å². The van der Waals surface area contributed by atoms with Gasteiger partial charge in [0.05, 0.1) is 11.1 Å². The number of nitrogens with one attached hydrogen (secondary N) is 1. The van der Waals surface area contributed by atoms with Crippen LogP contribution in [0.15, 0.2) is 48.5 Å². The van der Waals surface area contributed by atoms with Gasteiger partial charge in [0, 0.05) is 19.1 Å². The standard InChI is InChI=1S/C21H23F3N2O2/c22-21(23,24)18-3-1-2-16(12-18)14-26-10-8-19(9-11-26)25-13-15-4-6-17(7-5-15)20(27)28/h1-7,12,19,25H,8-11,13-14H2,(H,27,28). The highest BCUT2D eigenvalue weighted by molar-refractivity contribution is 5.87. The van der Waals surface area contributed by atoms with Crippen molar-refractivity contribution >= 4 is 5.97 Å². The molecule has 0 atom stereocenters. The average molecular weight is 392 g/mol. The summed E-state index contributed by atoms with van der Waals surface area (Å²) < 4.78 is 38.5. The SMILES string of the molecule is O=C(O)c1ccc(CNC2CCN(Cc3cccc(C(F)(F)F)c3)CC2)cc1. The summed E-state index contributed by atoms with van der Waals surface area (Å²) >= 11 is 0. The molecule has 1 heterocycles. The van der Waals surface area contributed by atoms with E-state index in [1.54, 1.807) is 30.3 Å². The van der Waals surface area contributed by atoms with E-state index in [-0.39, 0.29) is 5.56 Å². The van der Waals surface area contributed by atoms with Crippen LogP contribution in [0.2, 0.25) is 0 Å². The van der Waals surface area contributed by atoms with Crippen molar-refractivity contribution < 1.29 is 23.1 Å². The van der Waals surface area contributed by atoms with Gasteiger partial charge in [-0.15, -0.1) is 0 Å². The van der Waals surface area contributed by atoms with Crippen LogP contribution in [0.1, 0.15) is 39.9 Å². The molecule has 0 spiro atoms. The molecule has 1 aliphatic heterocycles. The van der Waals surface area contributed by atoms with Crippen molar-refractivity contribution in [2.45, 2.75) is 38.1 Å². The fraction of sp³-hybridized carbons (Fsp3) is 0.381. The zero-order valence-electron chi connectivity index (χ0n) is 15.4. The van der Waals surface area contributed by atoms with Gasteiger partial charge in [-0.3, -0.25) is 4.90 Å². The Kier molecular flexibility index (Phi) is 6.36. The van der Waals surface area contributed by atoms with Gasteiger partial charge in [-0.25, -0.2) is 4.79 Å². The van der Waals surface area contributed by atoms with Crippen LogP contribution < -0.4 is 5.32 Å². The number of alkyl halides is 3. The smallest absolute Gasteiger partial charge is 0.416 e. The molecule has 7 heteroatoms. The minimum absolute atomic E-state index is 0.270. The summed E-state index contributed by atoms with van der Waals surface area (Å²) in [5.41, 5.74) is 1.37. The van der Waals surface area contributed by atoms with E-state index in [9.17, 15) is 18.0 Å². The summed E-state index contributed by atoms with van der Waals surface area (Å²) in [6, 6.07) is 12.7. The van der Waals surface area contributed by atoms with E-state index in [1.165, 1.54) is 12.1 Å². The summed E-state index contributed by atoms with van der Waals surface area (Å²) in [6.07, 6.45) is -2.46. The molecule has 2 aromatic carbocycles. The summed E-state index contributed by atoms with van der Waals surface area (Å²) in [5, 5.41) is 12.4. The minimum atomic E-state index is -4.31. The molecule has 0 bridgehead atoms. The highest BCUT2D eigenvalue weighted by atomic mass is 19.4. The number of likely N-dealkylation sites (tertiary alicyclic amines) is 1. The van der Waals surface area contributed by atoms with Crippen molar-refractivity contribution in [1.29, 1.82) is 0 Å². The fourth-order valence-electron chi connectivity index (χ4n) is 3.43. The number of nitrogens with zero attached hydrogens (tertiary/aromatic N) is 1. The van der Waals surface area contributed by atoms with E-state index in [2.05, 4.69) is 10.2 Å². The van der Waals surface area contributed by atoms with Crippen molar-refractivity contribution in [2.24, 2.45) is 0 Å².